The first kappa shape index (κ1) is 18.0. The highest BCUT2D eigenvalue weighted by Crippen LogP contribution is 2.19. The second kappa shape index (κ2) is 8.49. The Morgan fingerprint density at radius 2 is 2.08 bits per heavy atom. The number of rotatable bonds is 9. The van der Waals surface area contributed by atoms with Gasteiger partial charge in [-0.15, -0.1) is 0 Å². The number of H-pyrrole nitrogens is 1. The van der Waals surface area contributed by atoms with E-state index in [-0.39, 0.29) is 6.42 Å². The number of nitrogens with one attached hydrogen (secondary N) is 2. The van der Waals surface area contributed by atoms with Crippen LogP contribution in [-0.2, 0) is 20.7 Å². The summed E-state index contributed by atoms with van der Waals surface area (Å²) in [4.78, 5) is 26.8. The lowest BCUT2D eigenvalue weighted by molar-refractivity contribution is -0.144. The molecule has 6 heteroatoms. The van der Waals surface area contributed by atoms with Crippen molar-refractivity contribution in [1.29, 1.82) is 0 Å². The van der Waals surface area contributed by atoms with Gasteiger partial charge in [-0.1, -0.05) is 31.5 Å². The van der Waals surface area contributed by atoms with E-state index in [9.17, 15) is 14.7 Å². The van der Waals surface area contributed by atoms with E-state index in [1.807, 2.05) is 31.2 Å². The van der Waals surface area contributed by atoms with Gasteiger partial charge in [0.1, 0.15) is 12.1 Å². The highest BCUT2D eigenvalue weighted by Gasteiger charge is 2.24. The average molecular weight is 332 g/mol. The molecule has 0 aliphatic heterocycles. The number of carboxylic acid groups (broad SMARTS) is 1. The molecule has 1 unspecified atom stereocenters. The highest BCUT2D eigenvalue weighted by molar-refractivity contribution is 5.88. The van der Waals surface area contributed by atoms with Gasteiger partial charge in [-0.3, -0.25) is 4.79 Å². The smallest absolute Gasteiger partial charge is 0.326 e. The van der Waals surface area contributed by atoms with Crippen LogP contribution in [0.5, 0.6) is 0 Å². The van der Waals surface area contributed by atoms with Crippen LogP contribution < -0.4 is 5.32 Å². The first-order valence-corrected chi connectivity index (χ1v) is 8.22. The molecule has 1 amide bonds. The molecule has 1 aromatic carbocycles. The van der Waals surface area contributed by atoms with Crippen molar-refractivity contribution in [3.63, 3.8) is 0 Å². The molecule has 0 fully saturated rings. The topological polar surface area (TPSA) is 91.4 Å². The standard InChI is InChI=1S/C18H24N2O4/c1-3-4-9-24-12(2)17(21)20-16(18(22)23)10-13-11-19-15-8-6-5-7-14(13)15/h5-8,11-12,16,19H,3-4,9-10H2,1-2H3,(H,20,21)(H,22,23)/t12?,16-/m1/s1. The molecule has 0 saturated heterocycles. The lowest BCUT2D eigenvalue weighted by atomic mass is 10.0. The zero-order valence-electron chi connectivity index (χ0n) is 14.0. The zero-order valence-corrected chi connectivity index (χ0v) is 14.0. The van der Waals surface area contributed by atoms with E-state index in [4.69, 9.17) is 4.74 Å². The Balaban J connectivity index is 2.02. The average Bonchev–Trinajstić information content (AvgIpc) is 2.97. The summed E-state index contributed by atoms with van der Waals surface area (Å²) in [7, 11) is 0. The molecule has 0 aliphatic rings. The third kappa shape index (κ3) is 4.58. The zero-order chi connectivity index (χ0) is 17.5. The number of aliphatic carboxylic acids is 1. The largest absolute Gasteiger partial charge is 0.480 e. The Morgan fingerprint density at radius 3 is 2.79 bits per heavy atom. The van der Waals surface area contributed by atoms with Gasteiger partial charge in [0.15, 0.2) is 0 Å². The van der Waals surface area contributed by atoms with Gasteiger partial charge in [0, 0.05) is 30.1 Å². The summed E-state index contributed by atoms with van der Waals surface area (Å²) in [5, 5.41) is 13.0. The van der Waals surface area contributed by atoms with Gasteiger partial charge in [-0.05, 0) is 25.0 Å². The van der Waals surface area contributed by atoms with Crippen LogP contribution in [0.15, 0.2) is 30.5 Å². The number of carbonyl (C=O) groups is 2. The summed E-state index contributed by atoms with van der Waals surface area (Å²) in [5.74, 6) is -1.47. The summed E-state index contributed by atoms with van der Waals surface area (Å²) in [6.45, 7) is 4.16. The number of benzene rings is 1. The minimum absolute atomic E-state index is 0.215. The molecule has 24 heavy (non-hydrogen) atoms. The van der Waals surface area contributed by atoms with Gasteiger partial charge < -0.3 is 20.1 Å². The fraction of sp³-hybridized carbons (Fsp3) is 0.444. The Morgan fingerprint density at radius 1 is 1.33 bits per heavy atom. The summed E-state index contributed by atoms with van der Waals surface area (Å²) >= 11 is 0. The van der Waals surface area contributed by atoms with E-state index in [0.29, 0.717) is 6.61 Å². The van der Waals surface area contributed by atoms with E-state index in [1.54, 1.807) is 13.1 Å². The van der Waals surface area contributed by atoms with E-state index in [1.165, 1.54) is 0 Å². The van der Waals surface area contributed by atoms with Crippen LogP contribution in [0.4, 0.5) is 0 Å². The maximum atomic E-state index is 12.1. The van der Waals surface area contributed by atoms with E-state index in [0.717, 1.165) is 29.3 Å². The molecule has 3 N–H and O–H groups in total. The predicted molar refractivity (Wildman–Crippen MR) is 91.9 cm³/mol. The molecular formula is C18H24N2O4. The molecular weight excluding hydrogens is 308 g/mol. The fourth-order valence-electron chi connectivity index (χ4n) is 2.49. The van der Waals surface area contributed by atoms with E-state index in [2.05, 4.69) is 10.3 Å². The lowest BCUT2D eigenvalue weighted by Gasteiger charge is -2.18. The number of hydrogen-bond acceptors (Lipinski definition) is 3. The van der Waals surface area contributed by atoms with Gasteiger partial charge in [0.2, 0.25) is 5.91 Å². The summed E-state index contributed by atoms with van der Waals surface area (Å²) in [6, 6.07) is 6.68. The summed E-state index contributed by atoms with van der Waals surface area (Å²) in [6.07, 6.45) is 3.18. The van der Waals surface area contributed by atoms with Crippen LogP contribution in [0.25, 0.3) is 10.9 Å². The molecule has 6 nitrogen and oxygen atoms in total. The number of carbonyl (C=O) groups excluding carboxylic acids is 1. The molecule has 0 radical (unpaired) electrons. The minimum Gasteiger partial charge on any atom is -0.480 e. The normalized spacial score (nSPS) is 13.6. The summed E-state index contributed by atoms with van der Waals surface area (Å²) < 4.78 is 5.42. The minimum atomic E-state index is -1.06. The van der Waals surface area contributed by atoms with Crippen LogP contribution in [-0.4, -0.2) is 40.7 Å². The van der Waals surface area contributed by atoms with Crippen LogP contribution in [0.1, 0.15) is 32.3 Å². The molecule has 2 rings (SSSR count). The molecule has 0 aliphatic carbocycles. The first-order valence-electron chi connectivity index (χ1n) is 8.22. The van der Waals surface area contributed by atoms with Crippen molar-refractivity contribution >= 4 is 22.8 Å². The molecule has 130 valence electrons. The van der Waals surface area contributed by atoms with Gasteiger partial charge in [0.05, 0.1) is 0 Å². The predicted octanol–water partition coefficient (Wildman–Crippen LogP) is 2.49. The molecule has 0 saturated carbocycles. The van der Waals surface area contributed by atoms with Crippen LogP contribution in [0.2, 0.25) is 0 Å². The Labute approximate surface area is 141 Å². The number of fused-ring (bicyclic) bond motifs is 1. The van der Waals surface area contributed by atoms with Gasteiger partial charge in [-0.25, -0.2) is 4.79 Å². The molecule has 0 spiro atoms. The molecule has 1 heterocycles. The number of carboxylic acids is 1. The number of para-hydroxylation sites is 1. The van der Waals surface area contributed by atoms with Gasteiger partial charge >= 0.3 is 5.97 Å². The monoisotopic (exact) mass is 332 g/mol. The number of aromatic amines is 1. The van der Waals surface area contributed by atoms with Crippen LogP contribution >= 0.6 is 0 Å². The Bertz CT molecular complexity index is 695. The second-order valence-corrected chi connectivity index (χ2v) is 5.83. The van der Waals surface area contributed by atoms with Crippen molar-refractivity contribution in [3.05, 3.63) is 36.0 Å². The van der Waals surface area contributed by atoms with Crippen molar-refractivity contribution in [2.75, 3.05) is 6.61 Å². The number of ether oxygens (including phenoxy) is 1. The van der Waals surface area contributed by atoms with Crippen LogP contribution in [0.3, 0.4) is 0 Å². The number of hydrogen-bond donors (Lipinski definition) is 3. The lowest BCUT2D eigenvalue weighted by Crippen LogP contribution is -2.46. The third-order valence-corrected chi connectivity index (χ3v) is 3.95. The van der Waals surface area contributed by atoms with Crippen molar-refractivity contribution in [2.24, 2.45) is 0 Å². The molecule has 0 bridgehead atoms. The molecule has 1 aromatic heterocycles. The number of unbranched alkanes of at least 4 members (excludes halogenated alkanes) is 1. The Kier molecular flexibility index (Phi) is 6.37. The van der Waals surface area contributed by atoms with E-state index < -0.39 is 24.0 Å². The van der Waals surface area contributed by atoms with E-state index >= 15 is 0 Å². The second-order valence-electron chi connectivity index (χ2n) is 5.83. The highest BCUT2D eigenvalue weighted by atomic mass is 16.5. The van der Waals surface area contributed by atoms with Crippen molar-refractivity contribution in [3.8, 4) is 0 Å². The number of amides is 1. The molecule has 2 atom stereocenters. The summed E-state index contributed by atoms with van der Waals surface area (Å²) in [5.41, 5.74) is 1.80. The van der Waals surface area contributed by atoms with Gasteiger partial charge in [0.25, 0.3) is 0 Å². The maximum absolute atomic E-state index is 12.1. The third-order valence-electron chi connectivity index (χ3n) is 3.95. The first-order chi connectivity index (χ1) is 11.5. The van der Waals surface area contributed by atoms with Crippen LogP contribution in [0, 0.1) is 0 Å². The van der Waals surface area contributed by atoms with Gasteiger partial charge in [-0.2, -0.15) is 0 Å². The van der Waals surface area contributed by atoms with Crippen molar-refractivity contribution in [1.82, 2.24) is 10.3 Å². The van der Waals surface area contributed by atoms with Crippen molar-refractivity contribution < 1.29 is 19.4 Å². The van der Waals surface area contributed by atoms with Crippen molar-refractivity contribution in [2.45, 2.75) is 45.3 Å². The fourth-order valence-corrected chi connectivity index (χ4v) is 2.49. The molecule has 2 aromatic rings. The quantitative estimate of drug-likeness (QED) is 0.615. The Hall–Kier alpha value is -2.34. The number of aromatic nitrogens is 1. The SMILES string of the molecule is CCCCOC(C)C(=O)N[C@H](Cc1c[nH]c2ccccc12)C(=O)O. The maximum Gasteiger partial charge on any atom is 0.326 e.